The summed E-state index contributed by atoms with van der Waals surface area (Å²) in [5.74, 6) is 0.602. The van der Waals surface area contributed by atoms with Crippen molar-refractivity contribution in [3.63, 3.8) is 0 Å². The first-order valence-electron chi connectivity index (χ1n) is 14.6. The first kappa shape index (κ1) is 30.2. The quantitative estimate of drug-likeness (QED) is 0.361. The van der Waals surface area contributed by atoms with Crippen LogP contribution in [-0.2, 0) is 19.6 Å². The van der Waals surface area contributed by atoms with Crippen molar-refractivity contribution in [1.82, 2.24) is 19.0 Å². The van der Waals surface area contributed by atoms with Crippen molar-refractivity contribution < 1.29 is 22.7 Å². The van der Waals surface area contributed by atoms with Gasteiger partial charge in [-0.05, 0) is 75.6 Å². The van der Waals surface area contributed by atoms with Gasteiger partial charge in [0.1, 0.15) is 12.4 Å². The maximum absolute atomic E-state index is 13.4. The molecule has 0 radical (unpaired) electrons. The second-order valence-electron chi connectivity index (χ2n) is 11.4. The molecule has 39 heavy (non-hydrogen) atoms. The van der Waals surface area contributed by atoms with E-state index in [1.807, 2.05) is 18.9 Å². The lowest BCUT2D eigenvalue weighted by Crippen LogP contribution is -2.54. The second kappa shape index (κ2) is 13.3. The van der Waals surface area contributed by atoms with Gasteiger partial charge in [0.2, 0.25) is 15.9 Å². The van der Waals surface area contributed by atoms with E-state index in [1.54, 1.807) is 33.1 Å². The minimum Gasteiger partial charge on any atom is -0.497 e. The van der Waals surface area contributed by atoms with E-state index in [4.69, 9.17) is 9.47 Å². The standard InChI is InChI=1S/C29H48N4O5S/c1-6-33(39(35,36)29-22(2)18-27(37-5)19-23(29)3)16-17-38-21-28(34)30(4)25-8-7-9-26(20-25)32-14-12-31(13-15-32)24-10-11-24/h18-19,24-26H,6-17,20-21H2,1-5H3. The van der Waals surface area contributed by atoms with Crippen LogP contribution < -0.4 is 4.74 Å². The maximum Gasteiger partial charge on any atom is 0.248 e. The summed E-state index contributed by atoms with van der Waals surface area (Å²) in [4.78, 5) is 20.4. The average molecular weight is 565 g/mol. The SMILES string of the molecule is CCN(CCOCC(=O)N(C)C1CCCC(N2CCN(C3CC3)CC2)C1)S(=O)(=O)c1c(C)cc(OC)cc1C. The summed E-state index contributed by atoms with van der Waals surface area (Å²) in [5.41, 5.74) is 1.30. The Labute approximate surface area is 235 Å². The Hall–Kier alpha value is -1.72. The van der Waals surface area contributed by atoms with Crippen molar-refractivity contribution in [2.75, 3.05) is 66.6 Å². The molecule has 2 unspecified atom stereocenters. The fourth-order valence-electron chi connectivity index (χ4n) is 6.37. The van der Waals surface area contributed by atoms with Gasteiger partial charge in [0, 0.05) is 64.4 Å². The monoisotopic (exact) mass is 564 g/mol. The molecular weight excluding hydrogens is 516 g/mol. The molecule has 2 atom stereocenters. The van der Waals surface area contributed by atoms with Crippen LogP contribution in [-0.4, -0.2) is 118 Å². The zero-order valence-corrected chi connectivity index (χ0v) is 25.3. The molecule has 2 aliphatic carbocycles. The zero-order valence-electron chi connectivity index (χ0n) is 24.5. The highest BCUT2D eigenvalue weighted by molar-refractivity contribution is 7.89. The molecule has 10 heteroatoms. The molecule has 1 amide bonds. The van der Waals surface area contributed by atoms with Crippen LogP contribution in [0, 0.1) is 13.8 Å². The molecule has 1 aliphatic heterocycles. The van der Waals surface area contributed by atoms with Gasteiger partial charge in [0.15, 0.2) is 0 Å². The molecule has 0 spiro atoms. The number of rotatable bonds is 12. The van der Waals surface area contributed by atoms with Crippen molar-refractivity contribution in [2.24, 2.45) is 0 Å². The third-order valence-electron chi connectivity index (χ3n) is 8.82. The third kappa shape index (κ3) is 7.33. The van der Waals surface area contributed by atoms with Crippen molar-refractivity contribution in [3.8, 4) is 5.75 Å². The number of carbonyl (C=O) groups excluding carboxylic acids is 1. The number of sulfonamides is 1. The molecule has 0 N–H and O–H groups in total. The lowest BCUT2D eigenvalue weighted by Gasteiger charge is -2.44. The first-order chi connectivity index (χ1) is 18.6. The fraction of sp³-hybridized carbons (Fsp3) is 0.759. The molecule has 1 heterocycles. The van der Waals surface area contributed by atoms with Crippen LogP contribution in [0.2, 0.25) is 0 Å². The van der Waals surface area contributed by atoms with Crippen molar-refractivity contribution in [3.05, 3.63) is 23.3 Å². The number of likely N-dealkylation sites (N-methyl/N-ethyl adjacent to an activating group) is 2. The van der Waals surface area contributed by atoms with Gasteiger partial charge in [-0.25, -0.2) is 8.42 Å². The number of ether oxygens (including phenoxy) is 2. The summed E-state index contributed by atoms with van der Waals surface area (Å²) in [5, 5.41) is 0. The molecule has 2 saturated carbocycles. The Bertz CT molecular complexity index is 1060. The summed E-state index contributed by atoms with van der Waals surface area (Å²) in [6.07, 6.45) is 7.15. The third-order valence-corrected chi connectivity index (χ3v) is 11.1. The van der Waals surface area contributed by atoms with Gasteiger partial charge < -0.3 is 14.4 Å². The topological polar surface area (TPSA) is 82.6 Å². The summed E-state index contributed by atoms with van der Waals surface area (Å²) >= 11 is 0. The predicted molar refractivity (Wildman–Crippen MR) is 153 cm³/mol. The van der Waals surface area contributed by atoms with Gasteiger partial charge in [-0.15, -0.1) is 0 Å². The van der Waals surface area contributed by atoms with Gasteiger partial charge in [-0.2, -0.15) is 4.31 Å². The smallest absolute Gasteiger partial charge is 0.248 e. The maximum atomic E-state index is 13.4. The van der Waals surface area contributed by atoms with Crippen LogP contribution in [0.5, 0.6) is 5.75 Å². The Morgan fingerprint density at radius 1 is 1.00 bits per heavy atom. The predicted octanol–water partition coefficient (Wildman–Crippen LogP) is 2.89. The van der Waals surface area contributed by atoms with Gasteiger partial charge in [-0.1, -0.05) is 6.92 Å². The minimum absolute atomic E-state index is 0.0318. The second-order valence-corrected chi connectivity index (χ2v) is 13.3. The summed E-state index contributed by atoms with van der Waals surface area (Å²) in [6, 6.07) is 5.10. The highest BCUT2D eigenvalue weighted by Gasteiger charge is 2.35. The minimum atomic E-state index is -3.70. The molecular formula is C29H48N4O5S. The van der Waals surface area contributed by atoms with E-state index in [2.05, 4.69) is 9.80 Å². The van der Waals surface area contributed by atoms with Crippen LogP contribution >= 0.6 is 0 Å². The summed E-state index contributed by atoms with van der Waals surface area (Å²) in [7, 11) is -0.238. The number of piperazine rings is 1. The van der Waals surface area contributed by atoms with Crippen LogP contribution in [0.25, 0.3) is 0 Å². The number of amides is 1. The molecule has 220 valence electrons. The Balaban J connectivity index is 1.24. The van der Waals surface area contributed by atoms with Crippen molar-refractivity contribution in [1.29, 1.82) is 0 Å². The van der Waals surface area contributed by atoms with Crippen molar-refractivity contribution >= 4 is 15.9 Å². The Kier molecular flexibility index (Phi) is 10.3. The largest absolute Gasteiger partial charge is 0.497 e. The van der Waals surface area contributed by atoms with E-state index in [1.165, 1.54) is 36.7 Å². The van der Waals surface area contributed by atoms with E-state index >= 15 is 0 Å². The van der Waals surface area contributed by atoms with Gasteiger partial charge >= 0.3 is 0 Å². The van der Waals surface area contributed by atoms with Crippen molar-refractivity contribution in [2.45, 2.75) is 82.3 Å². The highest BCUT2D eigenvalue weighted by Crippen LogP contribution is 2.31. The summed E-state index contributed by atoms with van der Waals surface area (Å²) < 4.78 is 39.2. The van der Waals surface area contributed by atoms with E-state index in [-0.39, 0.29) is 31.7 Å². The van der Waals surface area contributed by atoms with Gasteiger partial charge in [-0.3, -0.25) is 14.6 Å². The van der Waals surface area contributed by atoms with Gasteiger partial charge in [0.25, 0.3) is 0 Å². The number of aryl methyl sites for hydroxylation is 2. The molecule has 3 fully saturated rings. The molecule has 4 rings (SSSR count). The van der Waals surface area contributed by atoms with E-state index in [0.717, 1.165) is 38.4 Å². The van der Waals surface area contributed by atoms with Crippen LogP contribution in [0.3, 0.4) is 0 Å². The molecule has 1 aromatic carbocycles. The van der Waals surface area contributed by atoms with Gasteiger partial charge in [0.05, 0.1) is 18.6 Å². The van der Waals surface area contributed by atoms with E-state index in [0.29, 0.717) is 34.4 Å². The number of carbonyl (C=O) groups is 1. The van der Waals surface area contributed by atoms with Crippen LogP contribution in [0.4, 0.5) is 0 Å². The fourth-order valence-corrected chi connectivity index (χ4v) is 8.22. The van der Waals surface area contributed by atoms with E-state index < -0.39 is 10.0 Å². The number of benzene rings is 1. The van der Waals surface area contributed by atoms with Crippen LogP contribution in [0.15, 0.2) is 17.0 Å². The number of hydrogen-bond acceptors (Lipinski definition) is 7. The lowest BCUT2D eigenvalue weighted by molar-refractivity contribution is -0.138. The summed E-state index contributed by atoms with van der Waals surface area (Å²) in [6.45, 7) is 10.7. The number of hydrogen-bond donors (Lipinski definition) is 0. The first-order valence-corrected chi connectivity index (χ1v) is 16.1. The average Bonchev–Trinajstić information content (AvgIpc) is 3.77. The lowest BCUT2D eigenvalue weighted by atomic mass is 9.88. The molecule has 1 saturated heterocycles. The molecule has 9 nitrogen and oxygen atoms in total. The molecule has 0 bridgehead atoms. The normalized spacial score (nSPS) is 23.2. The number of nitrogens with zero attached hydrogens (tertiary/aromatic N) is 4. The number of methoxy groups -OCH3 is 1. The van der Waals surface area contributed by atoms with E-state index in [9.17, 15) is 13.2 Å². The molecule has 3 aliphatic rings. The Morgan fingerprint density at radius 3 is 2.18 bits per heavy atom. The zero-order chi connectivity index (χ0) is 28.2. The molecule has 0 aromatic heterocycles. The Morgan fingerprint density at radius 2 is 1.62 bits per heavy atom. The highest BCUT2D eigenvalue weighted by atomic mass is 32.2. The molecule has 1 aromatic rings. The van der Waals surface area contributed by atoms with Crippen LogP contribution in [0.1, 0.15) is 56.6 Å².